The van der Waals surface area contributed by atoms with Crippen LogP contribution in [0.2, 0.25) is 0 Å². The zero-order valence-corrected chi connectivity index (χ0v) is 14.8. The Hall–Kier alpha value is -2.14. The van der Waals surface area contributed by atoms with Crippen molar-refractivity contribution in [1.29, 1.82) is 0 Å². The minimum Gasteiger partial charge on any atom is -0.357 e. The SMILES string of the molecule is C[C@@H]1c2[nH]c3ccccc3c2CCN1Cc1noc(C(C)(C)C)n1. The van der Waals surface area contributed by atoms with Gasteiger partial charge < -0.3 is 9.51 Å². The minimum atomic E-state index is -0.108. The Morgan fingerprint density at radius 3 is 2.83 bits per heavy atom. The lowest BCUT2D eigenvalue weighted by atomic mass is 9.97. The average Bonchev–Trinajstić information content (AvgIpc) is 3.15. The highest BCUT2D eigenvalue weighted by atomic mass is 16.5. The molecule has 0 saturated heterocycles. The summed E-state index contributed by atoms with van der Waals surface area (Å²) in [4.78, 5) is 10.6. The van der Waals surface area contributed by atoms with Crippen LogP contribution in [0.5, 0.6) is 0 Å². The lowest BCUT2D eigenvalue weighted by Gasteiger charge is -2.32. The third kappa shape index (κ3) is 2.53. The second-order valence-corrected chi connectivity index (χ2v) is 7.73. The molecular weight excluding hydrogens is 300 g/mol. The van der Waals surface area contributed by atoms with Crippen LogP contribution in [0.15, 0.2) is 28.8 Å². The van der Waals surface area contributed by atoms with E-state index >= 15 is 0 Å². The summed E-state index contributed by atoms with van der Waals surface area (Å²) in [6.45, 7) is 10.2. The molecule has 1 aliphatic heterocycles. The number of rotatable bonds is 2. The Labute approximate surface area is 142 Å². The molecule has 5 nitrogen and oxygen atoms in total. The molecule has 24 heavy (non-hydrogen) atoms. The van der Waals surface area contributed by atoms with Gasteiger partial charge in [0.05, 0.1) is 6.54 Å². The molecule has 126 valence electrons. The molecule has 1 N–H and O–H groups in total. The first kappa shape index (κ1) is 15.4. The number of hydrogen-bond donors (Lipinski definition) is 1. The Bertz CT molecular complexity index is 871. The number of benzene rings is 1. The Balaban J connectivity index is 1.59. The van der Waals surface area contributed by atoms with Gasteiger partial charge >= 0.3 is 0 Å². The summed E-state index contributed by atoms with van der Waals surface area (Å²) in [5, 5.41) is 5.53. The number of nitrogens with one attached hydrogen (secondary N) is 1. The topological polar surface area (TPSA) is 58.0 Å². The van der Waals surface area contributed by atoms with Crippen LogP contribution >= 0.6 is 0 Å². The van der Waals surface area contributed by atoms with Crippen molar-refractivity contribution in [2.45, 2.75) is 52.1 Å². The van der Waals surface area contributed by atoms with Gasteiger partial charge in [0.15, 0.2) is 5.82 Å². The van der Waals surface area contributed by atoms with E-state index in [1.54, 1.807) is 0 Å². The van der Waals surface area contributed by atoms with Gasteiger partial charge in [0, 0.05) is 34.6 Å². The molecule has 2 aromatic heterocycles. The second kappa shape index (κ2) is 5.45. The summed E-state index contributed by atoms with van der Waals surface area (Å²) in [6.07, 6.45) is 1.05. The van der Waals surface area contributed by atoms with E-state index in [2.05, 4.69) is 72.0 Å². The molecule has 0 amide bonds. The zero-order valence-electron chi connectivity index (χ0n) is 14.8. The van der Waals surface area contributed by atoms with E-state index < -0.39 is 0 Å². The molecule has 1 aliphatic rings. The quantitative estimate of drug-likeness (QED) is 0.775. The molecule has 0 aliphatic carbocycles. The second-order valence-electron chi connectivity index (χ2n) is 7.73. The van der Waals surface area contributed by atoms with E-state index in [-0.39, 0.29) is 5.41 Å². The maximum absolute atomic E-state index is 5.43. The first-order valence-electron chi connectivity index (χ1n) is 8.60. The fraction of sp³-hybridized carbons (Fsp3) is 0.474. The molecule has 0 radical (unpaired) electrons. The molecule has 3 heterocycles. The molecular formula is C19H24N4O. The summed E-state index contributed by atoms with van der Waals surface area (Å²) in [6, 6.07) is 8.88. The maximum atomic E-state index is 5.43. The first-order valence-corrected chi connectivity index (χ1v) is 8.60. The van der Waals surface area contributed by atoms with Crippen molar-refractivity contribution in [3.8, 4) is 0 Å². The standard InChI is InChI=1S/C19H24N4O/c1-12-17-14(13-7-5-6-8-15(13)20-17)9-10-23(12)11-16-21-18(24-22-16)19(2,3)4/h5-8,12,20H,9-11H2,1-4H3/t12-/m1/s1. The van der Waals surface area contributed by atoms with Crippen LogP contribution in [0.3, 0.4) is 0 Å². The van der Waals surface area contributed by atoms with Gasteiger partial charge in [-0.05, 0) is 25.0 Å². The van der Waals surface area contributed by atoms with Crippen LogP contribution in [0.25, 0.3) is 10.9 Å². The summed E-state index contributed by atoms with van der Waals surface area (Å²) in [7, 11) is 0. The van der Waals surface area contributed by atoms with Crippen LogP contribution in [0.1, 0.15) is 56.7 Å². The van der Waals surface area contributed by atoms with Crippen molar-refractivity contribution >= 4 is 10.9 Å². The minimum absolute atomic E-state index is 0.108. The Morgan fingerprint density at radius 1 is 1.29 bits per heavy atom. The van der Waals surface area contributed by atoms with E-state index in [0.717, 1.165) is 25.3 Å². The molecule has 1 aromatic carbocycles. The summed E-state index contributed by atoms with van der Waals surface area (Å²) in [5.41, 5.74) is 3.90. The van der Waals surface area contributed by atoms with Gasteiger partial charge in [-0.3, -0.25) is 4.90 Å². The maximum Gasteiger partial charge on any atom is 0.232 e. The fourth-order valence-electron chi connectivity index (χ4n) is 3.50. The van der Waals surface area contributed by atoms with E-state index in [4.69, 9.17) is 4.52 Å². The van der Waals surface area contributed by atoms with Crippen LogP contribution in [0.4, 0.5) is 0 Å². The normalized spacial score (nSPS) is 18.9. The molecule has 0 fully saturated rings. The molecule has 3 aromatic rings. The van der Waals surface area contributed by atoms with Gasteiger partial charge in [-0.15, -0.1) is 0 Å². The zero-order chi connectivity index (χ0) is 16.9. The van der Waals surface area contributed by atoms with Crippen LogP contribution in [0, 0.1) is 0 Å². The number of aromatic nitrogens is 3. The highest BCUT2D eigenvalue weighted by molar-refractivity contribution is 5.85. The largest absolute Gasteiger partial charge is 0.357 e. The van der Waals surface area contributed by atoms with Crippen molar-refractivity contribution in [2.75, 3.05) is 6.54 Å². The average molecular weight is 324 g/mol. The molecule has 5 heteroatoms. The van der Waals surface area contributed by atoms with Crippen molar-refractivity contribution in [1.82, 2.24) is 20.0 Å². The van der Waals surface area contributed by atoms with Gasteiger partial charge in [0.2, 0.25) is 5.89 Å². The lowest BCUT2D eigenvalue weighted by Crippen LogP contribution is -2.33. The number of hydrogen-bond acceptors (Lipinski definition) is 4. The molecule has 0 spiro atoms. The number of fused-ring (bicyclic) bond motifs is 3. The predicted octanol–water partition coefficient (Wildman–Crippen LogP) is 3.97. The van der Waals surface area contributed by atoms with E-state index in [9.17, 15) is 0 Å². The van der Waals surface area contributed by atoms with Crippen LogP contribution in [-0.2, 0) is 18.4 Å². The van der Waals surface area contributed by atoms with Gasteiger partial charge in [-0.25, -0.2) is 0 Å². The molecule has 1 atom stereocenters. The van der Waals surface area contributed by atoms with Crippen molar-refractivity contribution < 1.29 is 4.52 Å². The number of H-pyrrole nitrogens is 1. The number of nitrogens with zero attached hydrogens (tertiary/aromatic N) is 3. The monoisotopic (exact) mass is 324 g/mol. The first-order chi connectivity index (χ1) is 11.4. The molecule has 4 rings (SSSR count). The molecule has 0 unspecified atom stereocenters. The van der Waals surface area contributed by atoms with Crippen LogP contribution < -0.4 is 0 Å². The smallest absolute Gasteiger partial charge is 0.232 e. The van der Waals surface area contributed by atoms with Crippen molar-refractivity contribution in [2.24, 2.45) is 0 Å². The van der Waals surface area contributed by atoms with Gasteiger partial charge in [-0.1, -0.05) is 44.1 Å². The van der Waals surface area contributed by atoms with Crippen molar-refractivity contribution in [3.63, 3.8) is 0 Å². The third-order valence-electron chi connectivity index (χ3n) is 4.92. The van der Waals surface area contributed by atoms with Crippen LogP contribution in [-0.4, -0.2) is 26.6 Å². The van der Waals surface area contributed by atoms with Gasteiger partial charge in [-0.2, -0.15) is 4.98 Å². The summed E-state index contributed by atoms with van der Waals surface area (Å²) in [5.74, 6) is 1.47. The predicted molar refractivity (Wildman–Crippen MR) is 93.8 cm³/mol. The fourth-order valence-corrected chi connectivity index (χ4v) is 3.50. The van der Waals surface area contributed by atoms with E-state index in [0.29, 0.717) is 11.9 Å². The Kier molecular flexibility index (Phi) is 3.49. The van der Waals surface area contributed by atoms with E-state index in [1.807, 2.05) is 0 Å². The Morgan fingerprint density at radius 2 is 2.08 bits per heavy atom. The van der Waals surface area contributed by atoms with Crippen molar-refractivity contribution in [3.05, 3.63) is 47.2 Å². The summed E-state index contributed by atoms with van der Waals surface area (Å²) < 4.78 is 5.43. The van der Waals surface area contributed by atoms with Gasteiger partial charge in [0.1, 0.15) is 0 Å². The third-order valence-corrected chi connectivity index (χ3v) is 4.92. The highest BCUT2D eigenvalue weighted by Crippen LogP contribution is 2.34. The summed E-state index contributed by atoms with van der Waals surface area (Å²) >= 11 is 0. The molecule has 0 bridgehead atoms. The van der Waals surface area contributed by atoms with E-state index in [1.165, 1.54) is 22.2 Å². The number of aromatic amines is 1. The lowest BCUT2D eigenvalue weighted by molar-refractivity contribution is 0.180. The molecule has 0 saturated carbocycles. The van der Waals surface area contributed by atoms with Gasteiger partial charge in [0.25, 0.3) is 0 Å². The number of para-hydroxylation sites is 1. The highest BCUT2D eigenvalue weighted by Gasteiger charge is 2.29.